The van der Waals surface area contributed by atoms with E-state index in [0.29, 0.717) is 5.76 Å². The van der Waals surface area contributed by atoms with Crippen LogP contribution in [0.3, 0.4) is 0 Å². The number of furan rings is 1. The maximum atomic E-state index is 11.4. The molecule has 0 aliphatic heterocycles. The van der Waals surface area contributed by atoms with Crippen molar-refractivity contribution in [3.05, 3.63) is 23.7 Å². The van der Waals surface area contributed by atoms with Crippen molar-refractivity contribution in [1.29, 1.82) is 0 Å². The highest BCUT2D eigenvalue weighted by Gasteiger charge is 2.08. The second kappa shape index (κ2) is 4.60. The van der Waals surface area contributed by atoms with E-state index in [1.54, 1.807) is 19.1 Å². The number of nitrogens with zero attached hydrogens (tertiary/aromatic N) is 1. The van der Waals surface area contributed by atoms with E-state index < -0.39 is 0 Å². The van der Waals surface area contributed by atoms with Crippen LogP contribution < -0.4 is 5.43 Å². The molecule has 1 amide bonds. The van der Waals surface area contributed by atoms with Gasteiger partial charge in [-0.15, -0.1) is 0 Å². The van der Waals surface area contributed by atoms with Crippen molar-refractivity contribution in [1.82, 2.24) is 5.43 Å². The maximum Gasteiger partial charge on any atom is 0.307 e. The van der Waals surface area contributed by atoms with Crippen molar-refractivity contribution in [3.63, 3.8) is 0 Å². The predicted molar refractivity (Wildman–Crippen MR) is 54.3 cm³/mol. The van der Waals surface area contributed by atoms with Crippen LogP contribution in [0, 0.1) is 6.92 Å². The average Bonchev–Trinajstić information content (AvgIpc) is 2.60. The van der Waals surface area contributed by atoms with Crippen molar-refractivity contribution in [2.75, 3.05) is 0 Å². The topological polar surface area (TPSA) is 54.6 Å². The van der Waals surface area contributed by atoms with Gasteiger partial charge in [-0.05, 0) is 32.4 Å². The van der Waals surface area contributed by atoms with Gasteiger partial charge in [-0.3, -0.25) is 4.79 Å². The Balaban J connectivity index is 2.60. The number of nitrogens with one attached hydrogen (secondary N) is 1. The van der Waals surface area contributed by atoms with Gasteiger partial charge in [-0.1, -0.05) is 6.92 Å². The van der Waals surface area contributed by atoms with Gasteiger partial charge < -0.3 is 4.42 Å². The van der Waals surface area contributed by atoms with Crippen LogP contribution in [0.2, 0.25) is 0 Å². The van der Waals surface area contributed by atoms with Crippen LogP contribution in [0.5, 0.6) is 0 Å². The van der Waals surface area contributed by atoms with Crippen LogP contribution in [0.15, 0.2) is 21.7 Å². The van der Waals surface area contributed by atoms with Gasteiger partial charge in [0, 0.05) is 5.71 Å². The van der Waals surface area contributed by atoms with Crippen molar-refractivity contribution in [3.8, 4) is 0 Å². The number of aryl methyl sites for hydroxylation is 1. The Morgan fingerprint density at radius 3 is 2.79 bits per heavy atom. The first-order valence-corrected chi connectivity index (χ1v) is 4.53. The summed E-state index contributed by atoms with van der Waals surface area (Å²) in [7, 11) is 0. The Labute approximate surface area is 83.0 Å². The number of hydrogen-bond acceptors (Lipinski definition) is 3. The molecule has 0 fully saturated rings. The minimum Gasteiger partial charge on any atom is -0.456 e. The van der Waals surface area contributed by atoms with Gasteiger partial charge in [0.25, 0.3) is 0 Å². The van der Waals surface area contributed by atoms with Gasteiger partial charge in [-0.25, -0.2) is 5.43 Å². The fraction of sp³-hybridized carbons (Fsp3) is 0.400. The first-order valence-electron chi connectivity index (χ1n) is 4.53. The molecular weight excluding hydrogens is 180 g/mol. The third kappa shape index (κ3) is 2.73. The molecule has 1 N–H and O–H groups in total. The molecule has 76 valence electrons. The molecule has 0 unspecified atom stereocenters. The normalized spacial score (nSPS) is 11.5. The lowest BCUT2D eigenvalue weighted by molar-refractivity contribution is 0.0926. The van der Waals surface area contributed by atoms with Gasteiger partial charge in [-0.2, -0.15) is 5.10 Å². The summed E-state index contributed by atoms with van der Waals surface area (Å²) in [4.78, 5) is 11.4. The molecule has 14 heavy (non-hydrogen) atoms. The molecule has 0 bridgehead atoms. The molecule has 1 aromatic rings. The van der Waals surface area contributed by atoms with Crippen LogP contribution in [-0.4, -0.2) is 11.6 Å². The van der Waals surface area contributed by atoms with E-state index in [2.05, 4.69) is 10.5 Å². The monoisotopic (exact) mass is 194 g/mol. The minimum atomic E-state index is -0.314. The summed E-state index contributed by atoms with van der Waals surface area (Å²) in [5.74, 6) is 0.687. The van der Waals surface area contributed by atoms with Crippen LogP contribution in [0.1, 0.15) is 36.6 Å². The van der Waals surface area contributed by atoms with Gasteiger partial charge in [0.1, 0.15) is 5.76 Å². The summed E-state index contributed by atoms with van der Waals surface area (Å²) in [5, 5.41) is 3.89. The molecule has 4 nitrogen and oxygen atoms in total. The second-order valence-electron chi connectivity index (χ2n) is 3.05. The van der Waals surface area contributed by atoms with E-state index in [1.807, 2.05) is 13.8 Å². The van der Waals surface area contributed by atoms with Gasteiger partial charge in [0.05, 0.1) is 0 Å². The number of hydrogen-bond donors (Lipinski definition) is 1. The molecule has 0 aliphatic rings. The van der Waals surface area contributed by atoms with E-state index in [-0.39, 0.29) is 11.7 Å². The average molecular weight is 194 g/mol. The number of hydrazone groups is 1. The molecule has 0 aliphatic carbocycles. The zero-order valence-electron chi connectivity index (χ0n) is 8.63. The summed E-state index contributed by atoms with van der Waals surface area (Å²) in [5.41, 5.74) is 3.29. The summed E-state index contributed by atoms with van der Waals surface area (Å²) < 4.78 is 5.13. The third-order valence-corrected chi connectivity index (χ3v) is 1.82. The van der Waals surface area contributed by atoms with Gasteiger partial charge in [0.2, 0.25) is 0 Å². The van der Waals surface area contributed by atoms with Crippen molar-refractivity contribution < 1.29 is 9.21 Å². The Morgan fingerprint density at radius 1 is 1.57 bits per heavy atom. The molecule has 1 heterocycles. The highest BCUT2D eigenvalue weighted by molar-refractivity contribution is 5.92. The van der Waals surface area contributed by atoms with Gasteiger partial charge in [0.15, 0.2) is 5.76 Å². The molecule has 0 saturated carbocycles. The van der Waals surface area contributed by atoms with Crippen molar-refractivity contribution in [2.24, 2.45) is 5.10 Å². The van der Waals surface area contributed by atoms with E-state index in [1.165, 1.54) is 0 Å². The van der Waals surface area contributed by atoms with Crippen molar-refractivity contribution >= 4 is 11.6 Å². The number of rotatable bonds is 3. The molecule has 0 saturated heterocycles. The molecule has 1 rings (SSSR count). The van der Waals surface area contributed by atoms with Gasteiger partial charge >= 0.3 is 5.91 Å². The lowest BCUT2D eigenvalue weighted by atomic mass is 10.3. The smallest absolute Gasteiger partial charge is 0.307 e. The molecule has 0 aromatic carbocycles. The zero-order valence-corrected chi connectivity index (χ0v) is 8.63. The number of amides is 1. The van der Waals surface area contributed by atoms with Crippen molar-refractivity contribution in [2.45, 2.75) is 27.2 Å². The Morgan fingerprint density at radius 2 is 2.29 bits per heavy atom. The molecule has 0 atom stereocenters. The molecular formula is C10H14N2O2. The molecule has 0 radical (unpaired) electrons. The highest BCUT2D eigenvalue weighted by atomic mass is 16.3. The summed E-state index contributed by atoms with van der Waals surface area (Å²) in [6.45, 7) is 5.62. The van der Waals surface area contributed by atoms with E-state index in [0.717, 1.165) is 12.1 Å². The molecule has 4 heteroatoms. The quantitative estimate of drug-likeness (QED) is 0.591. The van der Waals surface area contributed by atoms with E-state index >= 15 is 0 Å². The first-order chi connectivity index (χ1) is 6.63. The Bertz CT molecular complexity index is 353. The minimum absolute atomic E-state index is 0.287. The number of carbonyl (C=O) groups is 1. The summed E-state index contributed by atoms with van der Waals surface area (Å²) in [6.07, 6.45) is 0.817. The fourth-order valence-corrected chi connectivity index (χ4v) is 0.837. The highest BCUT2D eigenvalue weighted by Crippen LogP contribution is 2.05. The van der Waals surface area contributed by atoms with E-state index in [4.69, 9.17) is 4.42 Å². The van der Waals surface area contributed by atoms with Crippen LogP contribution >= 0.6 is 0 Å². The fourth-order valence-electron chi connectivity index (χ4n) is 0.837. The van der Waals surface area contributed by atoms with Crippen LogP contribution in [0.25, 0.3) is 0 Å². The second-order valence-corrected chi connectivity index (χ2v) is 3.05. The van der Waals surface area contributed by atoms with Crippen LogP contribution in [0.4, 0.5) is 0 Å². The predicted octanol–water partition coefficient (Wildman–Crippen LogP) is 2.10. The number of carbonyl (C=O) groups excluding carboxylic acids is 1. The van der Waals surface area contributed by atoms with E-state index in [9.17, 15) is 4.79 Å². The first kappa shape index (κ1) is 10.5. The van der Waals surface area contributed by atoms with Crippen LogP contribution in [-0.2, 0) is 0 Å². The Hall–Kier alpha value is -1.58. The summed E-state index contributed by atoms with van der Waals surface area (Å²) >= 11 is 0. The molecule has 0 spiro atoms. The standard InChI is InChI=1S/C10H14N2O2/c1-4-7(2)11-12-10(13)9-6-5-8(3)14-9/h5-6H,4H2,1-3H3,(H,12,13)/b11-7+. The largest absolute Gasteiger partial charge is 0.456 e. The third-order valence-electron chi connectivity index (χ3n) is 1.82. The zero-order chi connectivity index (χ0) is 10.6. The SMILES string of the molecule is CC/C(C)=N/NC(=O)c1ccc(C)o1. The Kier molecular flexibility index (Phi) is 3.45. The lowest BCUT2D eigenvalue weighted by Gasteiger charge is -1.97. The molecule has 1 aromatic heterocycles. The lowest BCUT2D eigenvalue weighted by Crippen LogP contribution is -2.18. The summed E-state index contributed by atoms with van der Waals surface area (Å²) in [6, 6.07) is 3.37. The maximum absolute atomic E-state index is 11.4.